The van der Waals surface area contributed by atoms with Gasteiger partial charge in [-0.15, -0.1) is 0 Å². The lowest BCUT2D eigenvalue weighted by atomic mass is 9.96. The Morgan fingerprint density at radius 3 is 1.68 bits per heavy atom. The highest BCUT2D eigenvalue weighted by atomic mass is 15.1. The molecule has 0 saturated carbocycles. The number of hydrogen-bond acceptors (Lipinski definition) is 1. The Hall–Kier alpha value is -4.30. The molecule has 0 aromatic heterocycles. The molecular formula is C32H22BN. The van der Waals surface area contributed by atoms with Gasteiger partial charge in [0.15, 0.2) is 0 Å². The van der Waals surface area contributed by atoms with E-state index in [1.807, 2.05) is 18.2 Å². The van der Waals surface area contributed by atoms with Crippen LogP contribution in [0.25, 0.3) is 32.7 Å². The molecule has 0 aliphatic carbocycles. The quantitative estimate of drug-likeness (QED) is 0.202. The Bertz CT molecular complexity index is 1590. The Labute approximate surface area is 201 Å². The third kappa shape index (κ3) is 3.74. The normalized spacial score (nSPS) is 11.1. The molecule has 6 aromatic carbocycles. The number of fused-ring (bicyclic) bond motifs is 3. The van der Waals surface area contributed by atoms with Crippen molar-refractivity contribution in [3.8, 4) is 11.1 Å². The van der Waals surface area contributed by atoms with E-state index in [-0.39, 0.29) is 0 Å². The van der Waals surface area contributed by atoms with Gasteiger partial charge in [-0.25, -0.2) is 0 Å². The Morgan fingerprint density at radius 2 is 0.941 bits per heavy atom. The van der Waals surface area contributed by atoms with Crippen LogP contribution in [0.5, 0.6) is 0 Å². The van der Waals surface area contributed by atoms with Crippen molar-refractivity contribution in [1.82, 2.24) is 0 Å². The van der Waals surface area contributed by atoms with E-state index in [1.54, 1.807) is 0 Å². The van der Waals surface area contributed by atoms with Gasteiger partial charge in [-0.3, -0.25) is 0 Å². The van der Waals surface area contributed by atoms with Gasteiger partial charge in [0, 0.05) is 17.1 Å². The first-order chi connectivity index (χ1) is 16.8. The van der Waals surface area contributed by atoms with Gasteiger partial charge < -0.3 is 4.90 Å². The van der Waals surface area contributed by atoms with Gasteiger partial charge in [0.1, 0.15) is 7.85 Å². The van der Waals surface area contributed by atoms with Crippen molar-refractivity contribution in [3.63, 3.8) is 0 Å². The molecule has 0 N–H and O–H groups in total. The SMILES string of the molecule is [B]c1ccc(N(c2ccc(-c3ccccc3)cc2)c2ccc3ccc4ccccc4c3c2)cc1. The topological polar surface area (TPSA) is 3.24 Å². The zero-order valence-electron chi connectivity index (χ0n) is 18.7. The van der Waals surface area contributed by atoms with E-state index in [0.717, 1.165) is 22.5 Å². The van der Waals surface area contributed by atoms with Crippen LogP contribution < -0.4 is 10.4 Å². The van der Waals surface area contributed by atoms with Crippen molar-refractivity contribution in [3.05, 3.63) is 133 Å². The molecule has 1 nitrogen and oxygen atoms in total. The second-order valence-electron chi connectivity index (χ2n) is 8.53. The summed E-state index contributed by atoms with van der Waals surface area (Å²) in [5.41, 5.74) is 6.45. The summed E-state index contributed by atoms with van der Waals surface area (Å²) in [7, 11) is 6.01. The zero-order valence-corrected chi connectivity index (χ0v) is 18.7. The summed E-state index contributed by atoms with van der Waals surface area (Å²) in [4.78, 5) is 2.29. The predicted molar refractivity (Wildman–Crippen MR) is 147 cm³/mol. The lowest BCUT2D eigenvalue weighted by molar-refractivity contribution is 1.29. The van der Waals surface area contributed by atoms with E-state index in [4.69, 9.17) is 7.85 Å². The average molecular weight is 431 g/mol. The third-order valence-electron chi connectivity index (χ3n) is 6.37. The molecule has 6 rings (SSSR count). The van der Waals surface area contributed by atoms with Crippen molar-refractivity contribution in [2.75, 3.05) is 4.90 Å². The van der Waals surface area contributed by atoms with E-state index in [1.165, 1.54) is 32.7 Å². The van der Waals surface area contributed by atoms with Crippen LogP contribution in [-0.4, -0.2) is 7.85 Å². The molecule has 0 heterocycles. The van der Waals surface area contributed by atoms with Crippen LogP contribution in [0.15, 0.2) is 133 Å². The Kier molecular flexibility index (Phi) is 5.12. The van der Waals surface area contributed by atoms with Gasteiger partial charge in [-0.05, 0) is 69.1 Å². The van der Waals surface area contributed by atoms with Crippen LogP contribution in [-0.2, 0) is 0 Å². The lowest BCUT2D eigenvalue weighted by Gasteiger charge is -2.26. The number of rotatable bonds is 4. The average Bonchev–Trinajstić information content (AvgIpc) is 2.91. The number of hydrogen-bond donors (Lipinski definition) is 0. The van der Waals surface area contributed by atoms with Crippen molar-refractivity contribution in [1.29, 1.82) is 0 Å². The highest BCUT2D eigenvalue weighted by Gasteiger charge is 2.14. The van der Waals surface area contributed by atoms with Gasteiger partial charge in [-0.2, -0.15) is 0 Å². The predicted octanol–water partition coefficient (Wildman–Crippen LogP) is 7.92. The molecule has 2 heteroatoms. The molecule has 0 unspecified atom stereocenters. The minimum atomic E-state index is 0.757. The first kappa shape index (κ1) is 20.3. The zero-order chi connectivity index (χ0) is 22.9. The molecule has 34 heavy (non-hydrogen) atoms. The summed E-state index contributed by atoms with van der Waals surface area (Å²) >= 11 is 0. The van der Waals surface area contributed by atoms with Crippen LogP contribution in [0.4, 0.5) is 17.1 Å². The van der Waals surface area contributed by atoms with E-state index < -0.39 is 0 Å². The Morgan fingerprint density at radius 1 is 0.412 bits per heavy atom. The molecular weight excluding hydrogens is 409 g/mol. The summed E-state index contributed by atoms with van der Waals surface area (Å²) in [6.45, 7) is 0. The molecule has 0 saturated heterocycles. The highest BCUT2D eigenvalue weighted by molar-refractivity contribution is 6.32. The van der Waals surface area contributed by atoms with Gasteiger partial charge in [0.25, 0.3) is 0 Å². The molecule has 0 bridgehead atoms. The molecule has 0 amide bonds. The fourth-order valence-corrected chi connectivity index (χ4v) is 4.63. The minimum Gasteiger partial charge on any atom is -0.310 e. The summed E-state index contributed by atoms with van der Waals surface area (Å²) in [6, 6.07) is 46.9. The molecule has 0 spiro atoms. The van der Waals surface area contributed by atoms with Crippen LogP contribution in [0.3, 0.4) is 0 Å². The summed E-state index contributed by atoms with van der Waals surface area (Å²) in [6.07, 6.45) is 0. The third-order valence-corrected chi connectivity index (χ3v) is 6.37. The maximum Gasteiger partial charge on any atom is 0.113 e. The van der Waals surface area contributed by atoms with Crippen molar-refractivity contribution >= 4 is 51.9 Å². The van der Waals surface area contributed by atoms with Gasteiger partial charge in [-0.1, -0.05) is 103 Å². The van der Waals surface area contributed by atoms with E-state index >= 15 is 0 Å². The maximum absolute atomic E-state index is 6.01. The summed E-state index contributed by atoms with van der Waals surface area (Å²) < 4.78 is 0. The second-order valence-corrected chi connectivity index (χ2v) is 8.53. The second kappa shape index (κ2) is 8.57. The lowest BCUT2D eigenvalue weighted by Crippen LogP contribution is -2.11. The highest BCUT2D eigenvalue weighted by Crippen LogP contribution is 2.38. The van der Waals surface area contributed by atoms with E-state index in [0.29, 0.717) is 0 Å². The first-order valence-electron chi connectivity index (χ1n) is 11.5. The smallest absolute Gasteiger partial charge is 0.113 e. The van der Waals surface area contributed by atoms with Gasteiger partial charge in [0.05, 0.1) is 0 Å². The largest absolute Gasteiger partial charge is 0.310 e. The van der Waals surface area contributed by atoms with Gasteiger partial charge >= 0.3 is 0 Å². The van der Waals surface area contributed by atoms with E-state index in [9.17, 15) is 0 Å². The molecule has 6 aromatic rings. The molecule has 0 aliphatic rings. The number of benzene rings is 6. The van der Waals surface area contributed by atoms with E-state index in [2.05, 4.69) is 120 Å². The first-order valence-corrected chi connectivity index (χ1v) is 11.5. The maximum atomic E-state index is 6.01. The monoisotopic (exact) mass is 431 g/mol. The van der Waals surface area contributed by atoms with Gasteiger partial charge in [0.2, 0.25) is 0 Å². The van der Waals surface area contributed by atoms with Crippen molar-refractivity contribution in [2.24, 2.45) is 0 Å². The van der Waals surface area contributed by atoms with Crippen LogP contribution in [0, 0.1) is 0 Å². The minimum absolute atomic E-state index is 0.757. The fourth-order valence-electron chi connectivity index (χ4n) is 4.63. The summed E-state index contributed by atoms with van der Waals surface area (Å²) in [5, 5.41) is 4.99. The molecule has 2 radical (unpaired) electrons. The number of anilines is 3. The molecule has 158 valence electrons. The molecule has 0 aliphatic heterocycles. The number of nitrogens with zero attached hydrogens (tertiary/aromatic N) is 1. The summed E-state index contributed by atoms with van der Waals surface area (Å²) in [5.74, 6) is 0. The van der Waals surface area contributed by atoms with Crippen LogP contribution in [0.1, 0.15) is 0 Å². The van der Waals surface area contributed by atoms with Crippen molar-refractivity contribution < 1.29 is 0 Å². The fraction of sp³-hybridized carbons (Fsp3) is 0. The van der Waals surface area contributed by atoms with Crippen LogP contribution >= 0.6 is 0 Å². The van der Waals surface area contributed by atoms with Crippen molar-refractivity contribution in [2.45, 2.75) is 0 Å². The molecule has 0 atom stereocenters. The Balaban J connectivity index is 1.51. The van der Waals surface area contributed by atoms with Crippen LogP contribution in [0.2, 0.25) is 0 Å². The standard InChI is InChI=1S/C32H22BN/c33-27-15-20-29(21-16-27)34(28-17-12-24(13-18-28)23-6-2-1-3-7-23)30-19-14-26-11-10-25-8-4-5-9-31(25)32(26)22-30/h1-22H. The molecule has 0 fully saturated rings.